The number of hydrogen-bond donors (Lipinski definition) is 0. The van der Waals surface area contributed by atoms with Gasteiger partial charge in [-0.15, -0.1) is 0 Å². The van der Waals surface area contributed by atoms with E-state index in [-0.39, 0.29) is 28.8 Å². The van der Waals surface area contributed by atoms with Crippen molar-refractivity contribution in [2.24, 2.45) is 58.2 Å². The number of ketones is 1. The summed E-state index contributed by atoms with van der Waals surface area (Å²) in [5, 5.41) is 0. The number of carbonyl (C=O) groups excluding carboxylic acids is 2. The standard InChI is InChI=1S/C30H50O3/c1-18(2)19(3)8-9-20(4)25-12-13-26-24-11-10-22-16-23(33-21(5)31)14-15-29(22,6)28(24)27(32)17-30(25,26)7/h18-20,22-26,28H,8-17H2,1-7H3/t19-,20+,22-,23+,24+,25-,26-,28-,29-,30+/m0/s1. The fourth-order valence-electron chi connectivity index (χ4n) is 9.41. The molecule has 4 rings (SSSR count). The first-order valence-electron chi connectivity index (χ1n) is 14.2. The van der Waals surface area contributed by atoms with Crippen molar-refractivity contribution in [1.82, 2.24) is 0 Å². The molecule has 4 aliphatic carbocycles. The van der Waals surface area contributed by atoms with Crippen molar-refractivity contribution in [2.75, 3.05) is 0 Å². The molecule has 33 heavy (non-hydrogen) atoms. The van der Waals surface area contributed by atoms with E-state index >= 15 is 0 Å². The van der Waals surface area contributed by atoms with E-state index < -0.39 is 0 Å². The number of Topliss-reactive ketones (excluding diaryl/α,β-unsaturated/α-hetero) is 1. The van der Waals surface area contributed by atoms with Gasteiger partial charge in [0.2, 0.25) is 0 Å². The summed E-state index contributed by atoms with van der Waals surface area (Å²) in [5.41, 5.74) is 0.311. The van der Waals surface area contributed by atoms with Crippen molar-refractivity contribution in [3.63, 3.8) is 0 Å². The fraction of sp³-hybridized carbons (Fsp3) is 0.933. The number of fused-ring (bicyclic) bond motifs is 5. The largest absolute Gasteiger partial charge is 0.463 e. The Morgan fingerprint density at radius 3 is 2.39 bits per heavy atom. The van der Waals surface area contributed by atoms with Crippen LogP contribution >= 0.6 is 0 Å². The maximum Gasteiger partial charge on any atom is 0.302 e. The van der Waals surface area contributed by atoms with Crippen LogP contribution in [0, 0.1) is 58.2 Å². The zero-order valence-electron chi connectivity index (χ0n) is 22.5. The monoisotopic (exact) mass is 458 g/mol. The third-order valence-electron chi connectivity index (χ3n) is 11.6. The lowest BCUT2D eigenvalue weighted by Gasteiger charge is -2.60. The Labute approximate surface area is 203 Å². The average molecular weight is 459 g/mol. The summed E-state index contributed by atoms with van der Waals surface area (Å²) in [7, 11) is 0. The second-order valence-electron chi connectivity index (χ2n) is 13.6. The predicted octanol–water partition coefficient (Wildman–Crippen LogP) is 7.46. The second-order valence-corrected chi connectivity index (χ2v) is 13.6. The van der Waals surface area contributed by atoms with E-state index in [2.05, 4.69) is 41.5 Å². The summed E-state index contributed by atoms with van der Waals surface area (Å²) in [4.78, 5) is 25.5. The van der Waals surface area contributed by atoms with Gasteiger partial charge in [0.05, 0.1) is 0 Å². The van der Waals surface area contributed by atoms with E-state index in [9.17, 15) is 9.59 Å². The molecular weight excluding hydrogens is 408 g/mol. The molecule has 0 aliphatic heterocycles. The summed E-state index contributed by atoms with van der Waals surface area (Å²) in [6.45, 7) is 16.0. The Balaban J connectivity index is 1.49. The average Bonchev–Trinajstić information content (AvgIpc) is 3.07. The third kappa shape index (κ3) is 4.44. The lowest BCUT2D eigenvalue weighted by molar-refractivity contribution is -0.169. The molecule has 0 aromatic rings. The van der Waals surface area contributed by atoms with Crippen molar-refractivity contribution >= 4 is 11.8 Å². The van der Waals surface area contributed by atoms with Gasteiger partial charge >= 0.3 is 5.97 Å². The Morgan fingerprint density at radius 2 is 1.73 bits per heavy atom. The van der Waals surface area contributed by atoms with E-state index in [1.807, 2.05) is 0 Å². The van der Waals surface area contributed by atoms with Crippen LogP contribution in [0.3, 0.4) is 0 Å². The van der Waals surface area contributed by atoms with Gasteiger partial charge in [0.15, 0.2) is 0 Å². The quantitative estimate of drug-likeness (QED) is 0.388. The zero-order valence-corrected chi connectivity index (χ0v) is 22.5. The molecule has 3 heteroatoms. The second kappa shape index (κ2) is 9.30. The van der Waals surface area contributed by atoms with Gasteiger partial charge in [-0.25, -0.2) is 0 Å². The number of rotatable bonds is 6. The molecule has 3 nitrogen and oxygen atoms in total. The Hall–Kier alpha value is -0.860. The SMILES string of the molecule is CC(=O)O[C@@H]1CC[C@@]2(C)[C@@H](CC[C@H]3[C@H]2C(=O)C[C@@]2(C)[C@H]3CC[C@H]2[C@H](C)CC[C@H](C)C(C)C)C1. The molecule has 0 heterocycles. The molecule has 4 aliphatic rings. The van der Waals surface area contributed by atoms with Crippen LogP contribution in [0.15, 0.2) is 0 Å². The summed E-state index contributed by atoms with van der Waals surface area (Å²) < 4.78 is 5.60. The van der Waals surface area contributed by atoms with Gasteiger partial charge in [-0.1, -0.05) is 54.4 Å². The molecule has 4 fully saturated rings. The molecule has 0 aromatic heterocycles. The minimum atomic E-state index is -0.157. The summed E-state index contributed by atoms with van der Waals surface area (Å²) in [6.07, 6.45) is 11.5. The highest BCUT2D eigenvalue weighted by molar-refractivity contribution is 5.84. The van der Waals surface area contributed by atoms with Crippen molar-refractivity contribution in [3.8, 4) is 0 Å². The minimum Gasteiger partial charge on any atom is -0.463 e. The lowest BCUT2D eigenvalue weighted by atomic mass is 9.44. The van der Waals surface area contributed by atoms with Gasteiger partial charge in [-0.05, 0) is 97.2 Å². The van der Waals surface area contributed by atoms with Crippen molar-refractivity contribution in [2.45, 2.75) is 119 Å². The summed E-state index contributed by atoms with van der Waals surface area (Å²) >= 11 is 0. The third-order valence-corrected chi connectivity index (χ3v) is 11.6. The van der Waals surface area contributed by atoms with E-state index in [4.69, 9.17) is 4.74 Å². The molecular formula is C30H50O3. The molecule has 0 saturated heterocycles. The topological polar surface area (TPSA) is 43.4 Å². The van der Waals surface area contributed by atoms with Crippen LogP contribution in [-0.4, -0.2) is 17.9 Å². The Bertz CT molecular complexity index is 743. The molecule has 0 unspecified atom stereocenters. The van der Waals surface area contributed by atoms with Gasteiger partial charge in [0.25, 0.3) is 0 Å². The predicted molar refractivity (Wildman–Crippen MR) is 134 cm³/mol. The zero-order chi connectivity index (χ0) is 24.1. The van der Waals surface area contributed by atoms with Crippen LogP contribution in [0.25, 0.3) is 0 Å². The van der Waals surface area contributed by atoms with E-state index in [1.54, 1.807) is 0 Å². The molecule has 0 aromatic carbocycles. The van der Waals surface area contributed by atoms with E-state index in [0.29, 0.717) is 23.5 Å². The molecule has 0 bridgehead atoms. The first-order valence-corrected chi connectivity index (χ1v) is 14.2. The summed E-state index contributed by atoms with van der Waals surface area (Å²) in [5.74, 6) is 5.45. The van der Waals surface area contributed by atoms with Crippen LogP contribution < -0.4 is 0 Å². The van der Waals surface area contributed by atoms with Gasteiger partial charge in [-0.2, -0.15) is 0 Å². The smallest absolute Gasteiger partial charge is 0.302 e. The first-order chi connectivity index (χ1) is 15.5. The van der Waals surface area contributed by atoms with Crippen LogP contribution in [0.2, 0.25) is 0 Å². The van der Waals surface area contributed by atoms with Crippen LogP contribution in [0.5, 0.6) is 0 Å². The maximum absolute atomic E-state index is 13.9. The summed E-state index contributed by atoms with van der Waals surface area (Å²) in [6, 6.07) is 0. The number of esters is 1. The molecule has 0 radical (unpaired) electrons. The van der Waals surface area contributed by atoms with E-state index in [1.165, 1.54) is 45.4 Å². The Morgan fingerprint density at radius 1 is 1.00 bits per heavy atom. The number of hydrogen-bond acceptors (Lipinski definition) is 3. The number of ether oxygens (including phenoxy) is 1. The molecule has 0 spiro atoms. The Kier molecular flexibility index (Phi) is 7.12. The first kappa shape index (κ1) is 25.2. The lowest BCUT2D eigenvalue weighted by Crippen LogP contribution is -2.58. The molecule has 188 valence electrons. The molecule has 0 N–H and O–H groups in total. The molecule has 4 saturated carbocycles. The van der Waals surface area contributed by atoms with Crippen molar-refractivity contribution in [3.05, 3.63) is 0 Å². The van der Waals surface area contributed by atoms with Crippen LogP contribution in [-0.2, 0) is 14.3 Å². The normalized spacial score (nSPS) is 44.5. The van der Waals surface area contributed by atoms with Crippen LogP contribution in [0.4, 0.5) is 0 Å². The van der Waals surface area contributed by atoms with Gasteiger partial charge < -0.3 is 4.74 Å². The van der Waals surface area contributed by atoms with Crippen LogP contribution in [0.1, 0.15) is 113 Å². The highest BCUT2D eigenvalue weighted by Gasteiger charge is 2.63. The van der Waals surface area contributed by atoms with E-state index in [0.717, 1.165) is 49.4 Å². The van der Waals surface area contributed by atoms with Gasteiger partial charge in [0.1, 0.15) is 11.9 Å². The minimum absolute atomic E-state index is 0.0611. The highest BCUT2D eigenvalue weighted by Crippen LogP contribution is 2.67. The maximum atomic E-state index is 13.9. The fourth-order valence-corrected chi connectivity index (χ4v) is 9.41. The molecule has 0 amide bonds. The number of carbonyl (C=O) groups is 2. The van der Waals surface area contributed by atoms with Crippen molar-refractivity contribution in [1.29, 1.82) is 0 Å². The highest BCUT2D eigenvalue weighted by atomic mass is 16.5. The van der Waals surface area contributed by atoms with Crippen molar-refractivity contribution < 1.29 is 14.3 Å². The molecule has 10 atom stereocenters. The van der Waals surface area contributed by atoms with Gasteiger partial charge in [0, 0.05) is 19.3 Å². The van der Waals surface area contributed by atoms with Gasteiger partial charge in [-0.3, -0.25) is 9.59 Å².